The van der Waals surface area contributed by atoms with Gasteiger partial charge in [0, 0.05) is 22.7 Å². The van der Waals surface area contributed by atoms with Crippen molar-refractivity contribution in [2.24, 2.45) is 0 Å². The summed E-state index contributed by atoms with van der Waals surface area (Å²) in [5.41, 5.74) is 3.94. The minimum Gasteiger partial charge on any atom is -0.267 e. The van der Waals surface area contributed by atoms with E-state index in [1.807, 2.05) is 6.92 Å². The fourth-order valence-electron chi connectivity index (χ4n) is 2.32. The number of thiazole rings is 1. The van der Waals surface area contributed by atoms with E-state index in [4.69, 9.17) is 0 Å². The number of hydrogen-bond acceptors (Lipinski definition) is 7. The first-order valence-electron chi connectivity index (χ1n) is 7.60. The largest absolute Gasteiger partial charge is 0.275 e. The maximum Gasteiger partial charge on any atom is 0.275 e. The summed E-state index contributed by atoms with van der Waals surface area (Å²) in [5, 5.41) is 7.30. The Morgan fingerprint density at radius 1 is 1.16 bits per heavy atom. The fraction of sp³-hybridized carbons (Fsp3) is 0.176. The molecule has 1 aromatic carbocycles. The van der Waals surface area contributed by atoms with Gasteiger partial charge in [0.05, 0.1) is 11.4 Å². The minimum absolute atomic E-state index is 0.133. The van der Waals surface area contributed by atoms with E-state index in [-0.39, 0.29) is 5.56 Å². The molecule has 0 radical (unpaired) electrons. The van der Waals surface area contributed by atoms with Crippen molar-refractivity contribution in [2.75, 3.05) is 0 Å². The first kappa shape index (κ1) is 16.4. The Hall–Kier alpha value is -2.03. The molecule has 5 nitrogen and oxygen atoms in total. The lowest BCUT2D eigenvalue weighted by molar-refractivity contribution is 0.870. The third kappa shape index (κ3) is 3.51. The zero-order valence-corrected chi connectivity index (χ0v) is 16.0. The van der Waals surface area contributed by atoms with E-state index in [0.717, 1.165) is 26.3 Å². The smallest absolute Gasteiger partial charge is 0.267 e. The highest BCUT2D eigenvalue weighted by Crippen LogP contribution is 2.31. The normalized spacial score (nSPS) is 11.3. The van der Waals surface area contributed by atoms with Gasteiger partial charge in [-0.05, 0) is 13.8 Å². The summed E-state index contributed by atoms with van der Waals surface area (Å²) in [7, 11) is 0. The van der Waals surface area contributed by atoms with E-state index in [1.54, 1.807) is 23.1 Å². The molecule has 3 heterocycles. The quantitative estimate of drug-likeness (QED) is 0.492. The number of nitrogens with zero attached hydrogens (tertiary/aromatic N) is 4. The van der Waals surface area contributed by atoms with Gasteiger partial charge in [0.2, 0.25) is 4.96 Å². The van der Waals surface area contributed by atoms with Crippen molar-refractivity contribution >= 4 is 39.4 Å². The van der Waals surface area contributed by atoms with E-state index >= 15 is 0 Å². The van der Waals surface area contributed by atoms with Crippen molar-refractivity contribution in [3.8, 4) is 11.3 Å². The summed E-state index contributed by atoms with van der Waals surface area (Å²) < 4.78 is 2.36. The van der Waals surface area contributed by atoms with Crippen molar-refractivity contribution in [1.82, 2.24) is 19.6 Å². The zero-order valence-electron chi connectivity index (χ0n) is 13.6. The second-order valence-corrected chi connectivity index (χ2v) is 8.70. The predicted octanol–water partition coefficient (Wildman–Crippen LogP) is 4.18. The molecule has 0 unspecified atom stereocenters. The molecule has 0 aliphatic rings. The Morgan fingerprint density at radius 3 is 2.76 bits per heavy atom. The highest BCUT2D eigenvalue weighted by atomic mass is 32.2. The molecule has 0 amide bonds. The maximum absolute atomic E-state index is 11.9. The molecule has 8 heteroatoms. The van der Waals surface area contributed by atoms with E-state index in [9.17, 15) is 4.79 Å². The molecule has 0 N–H and O–H groups in total. The van der Waals surface area contributed by atoms with Gasteiger partial charge in [-0.25, -0.2) is 9.97 Å². The van der Waals surface area contributed by atoms with Gasteiger partial charge in [0.1, 0.15) is 5.01 Å². The molecule has 0 fully saturated rings. The third-order valence-electron chi connectivity index (χ3n) is 3.56. The summed E-state index contributed by atoms with van der Waals surface area (Å²) in [5.74, 6) is 0.674. The van der Waals surface area contributed by atoms with Gasteiger partial charge in [-0.3, -0.25) is 4.79 Å². The molecule has 0 aliphatic heterocycles. The Balaban J connectivity index is 1.51. The highest BCUT2D eigenvalue weighted by molar-refractivity contribution is 8.00. The number of benzene rings is 1. The van der Waals surface area contributed by atoms with E-state index in [2.05, 4.69) is 51.6 Å². The molecule has 4 rings (SSSR count). The fourth-order valence-corrected chi connectivity index (χ4v) is 5.09. The number of thioether (sulfide) groups is 1. The van der Waals surface area contributed by atoms with Crippen molar-refractivity contribution in [3.63, 3.8) is 0 Å². The van der Waals surface area contributed by atoms with E-state index in [0.29, 0.717) is 10.7 Å². The van der Waals surface area contributed by atoms with Crippen LogP contribution in [0.15, 0.2) is 44.8 Å². The maximum atomic E-state index is 11.9. The molecular formula is C17H14N4OS3. The van der Waals surface area contributed by atoms with Crippen LogP contribution in [-0.4, -0.2) is 19.6 Å². The van der Waals surface area contributed by atoms with Gasteiger partial charge in [-0.15, -0.1) is 11.3 Å². The second kappa shape index (κ2) is 6.70. The van der Waals surface area contributed by atoms with Gasteiger partial charge in [-0.1, -0.05) is 52.9 Å². The summed E-state index contributed by atoms with van der Waals surface area (Å²) >= 11 is 4.70. The number of fused-ring (bicyclic) bond motifs is 1. The van der Waals surface area contributed by atoms with Crippen LogP contribution in [0.4, 0.5) is 0 Å². The topological polar surface area (TPSA) is 60.2 Å². The average molecular weight is 387 g/mol. The molecule has 0 spiro atoms. The summed E-state index contributed by atoms with van der Waals surface area (Å²) in [6.45, 7) is 3.89. The van der Waals surface area contributed by atoms with E-state index in [1.165, 1.54) is 27.5 Å². The Labute approximate surface area is 156 Å². The molecule has 25 heavy (non-hydrogen) atoms. The number of hydrogen-bond donors (Lipinski definition) is 0. The van der Waals surface area contributed by atoms with Gasteiger partial charge in [-0.2, -0.15) is 9.61 Å². The molecular weight excluding hydrogens is 372 g/mol. The average Bonchev–Trinajstić information content (AvgIpc) is 3.20. The van der Waals surface area contributed by atoms with Crippen molar-refractivity contribution in [1.29, 1.82) is 0 Å². The minimum atomic E-state index is -0.133. The van der Waals surface area contributed by atoms with Gasteiger partial charge in [0.15, 0.2) is 4.34 Å². The van der Waals surface area contributed by atoms with Crippen LogP contribution in [0.3, 0.4) is 0 Å². The van der Waals surface area contributed by atoms with Gasteiger partial charge in [0.25, 0.3) is 5.56 Å². The zero-order chi connectivity index (χ0) is 17.4. The summed E-state index contributed by atoms with van der Waals surface area (Å²) in [6.07, 6.45) is 0. The van der Waals surface area contributed by atoms with Crippen LogP contribution >= 0.6 is 34.4 Å². The molecule has 0 aliphatic carbocycles. The molecule has 0 saturated heterocycles. The van der Waals surface area contributed by atoms with Crippen LogP contribution in [0.25, 0.3) is 16.2 Å². The number of aryl methyl sites for hydroxylation is 2. The summed E-state index contributed by atoms with van der Waals surface area (Å²) in [4.78, 5) is 21.6. The first-order chi connectivity index (χ1) is 12.1. The lowest BCUT2D eigenvalue weighted by atomic mass is 10.1. The van der Waals surface area contributed by atoms with E-state index < -0.39 is 0 Å². The van der Waals surface area contributed by atoms with Crippen LogP contribution < -0.4 is 5.56 Å². The van der Waals surface area contributed by atoms with Gasteiger partial charge >= 0.3 is 0 Å². The number of aromatic nitrogens is 4. The van der Waals surface area contributed by atoms with Crippen LogP contribution in [0.2, 0.25) is 0 Å². The Morgan fingerprint density at radius 2 is 1.96 bits per heavy atom. The lowest BCUT2D eigenvalue weighted by Crippen LogP contribution is -2.14. The molecule has 0 bridgehead atoms. The molecule has 0 saturated carbocycles. The Kier molecular flexibility index (Phi) is 4.41. The summed E-state index contributed by atoms with van der Waals surface area (Å²) in [6, 6.07) is 9.86. The SMILES string of the molecule is Cc1ccc(-c2csc(SCc3nn4c(=O)cc(C)nc4s3)n2)cc1. The van der Waals surface area contributed by atoms with Crippen LogP contribution in [0.5, 0.6) is 0 Å². The van der Waals surface area contributed by atoms with Crippen LogP contribution in [0, 0.1) is 13.8 Å². The van der Waals surface area contributed by atoms with Crippen LogP contribution in [0.1, 0.15) is 16.3 Å². The Bertz CT molecular complexity index is 1100. The van der Waals surface area contributed by atoms with Crippen molar-refractivity contribution < 1.29 is 0 Å². The second-order valence-electron chi connectivity index (χ2n) is 5.58. The monoisotopic (exact) mass is 386 g/mol. The van der Waals surface area contributed by atoms with Gasteiger partial charge < -0.3 is 0 Å². The molecule has 4 aromatic rings. The lowest BCUT2D eigenvalue weighted by Gasteiger charge is -1.97. The molecule has 3 aromatic heterocycles. The third-order valence-corrected chi connectivity index (χ3v) is 6.69. The first-order valence-corrected chi connectivity index (χ1v) is 10.3. The molecule has 0 atom stereocenters. The number of rotatable bonds is 4. The standard InChI is InChI=1S/C17H14N4OS3/c1-10-3-5-12(6-4-10)13-8-23-17(19-13)24-9-14-20-21-15(22)7-11(2)18-16(21)25-14/h3-8H,9H2,1-2H3. The highest BCUT2D eigenvalue weighted by Gasteiger charge is 2.10. The van der Waals surface area contributed by atoms with Crippen molar-refractivity contribution in [3.05, 3.63) is 62.3 Å². The van der Waals surface area contributed by atoms with Crippen LogP contribution in [-0.2, 0) is 5.75 Å². The van der Waals surface area contributed by atoms with Crippen molar-refractivity contribution in [2.45, 2.75) is 23.9 Å². The predicted molar refractivity (Wildman–Crippen MR) is 104 cm³/mol. The molecule has 126 valence electrons.